The number of carbonyl (C=O) groups is 1. The maximum absolute atomic E-state index is 13.2. The van der Waals surface area contributed by atoms with Crippen LogP contribution in [-0.4, -0.2) is 39.2 Å². The lowest BCUT2D eigenvalue weighted by atomic mass is 9.52. The lowest BCUT2D eigenvalue weighted by molar-refractivity contribution is -0.129. The molecule has 4 N–H and O–H groups in total. The van der Waals surface area contributed by atoms with Crippen molar-refractivity contribution in [3.63, 3.8) is 0 Å². The van der Waals surface area contributed by atoms with E-state index in [1.54, 1.807) is 18.6 Å². The summed E-state index contributed by atoms with van der Waals surface area (Å²) in [5.41, 5.74) is 3.23. The second-order valence-corrected chi connectivity index (χ2v) is 9.95. The Hall–Kier alpha value is -2.67. The third-order valence-corrected chi connectivity index (χ3v) is 7.85. The lowest BCUT2D eigenvalue weighted by Gasteiger charge is -2.58. The Morgan fingerprint density at radius 1 is 1.19 bits per heavy atom. The molecule has 31 heavy (non-hydrogen) atoms. The second kappa shape index (κ2) is 7.19. The Bertz CT molecular complexity index is 995. The molecule has 4 bridgehead atoms. The number of aliphatic hydroxyl groups is 1. The fraction of sp³-hybridized carbons (Fsp3) is 0.542. The number of carbonyl (C=O) groups excluding carboxylic acids is 1. The van der Waals surface area contributed by atoms with E-state index in [0.29, 0.717) is 35.9 Å². The first-order valence-corrected chi connectivity index (χ1v) is 11.5. The molecule has 2 aromatic heterocycles. The Balaban J connectivity index is 1.28. The number of rotatable bonds is 5. The molecule has 3 heterocycles. The Morgan fingerprint density at radius 3 is 2.71 bits per heavy atom. The van der Waals surface area contributed by atoms with Crippen molar-refractivity contribution in [3.8, 4) is 0 Å². The molecule has 7 heteroatoms. The Labute approximate surface area is 182 Å². The van der Waals surface area contributed by atoms with Crippen molar-refractivity contribution in [2.24, 2.45) is 17.8 Å². The molecule has 7 nitrogen and oxygen atoms in total. The van der Waals surface area contributed by atoms with E-state index in [-0.39, 0.29) is 5.91 Å². The van der Waals surface area contributed by atoms with Crippen LogP contribution >= 0.6 is 0 Å². The van der Waals surface area contributed by atoms with E-state index in [1.807, 2.05) is 12.1 Å². The summed E-state index contributed by atoms with van der Waals surface area (Å²) < 4.78 is 0. The van der Waals surface area contributed by atoms with Crippen LogP contribution in [0.3, 0.4) is 0 Å². The van der Waals surface area contributed by atoms with Crippen LogP contribution in [0, 0.1) is 17.8 Å². The molecule has 162 valence electrons. The smallest absolute Gasteiger partial charge is 0.255 e. The lowest BCUT2D eigenvalue weighted by Crippen LogP contribution is -2.59. The summed E-state index contributed by atoms with van der Waals surface area (Å²) in [6.07, 6.45) is 11.1. The highest BCUT2D eigenvalue weighted by molar-refractivity contribution is 6.01. The molecule has 1 unspecified atom stereocenters. The number of amides is 1. The van der Waals surface area contributed by atoms with Gasteiger partial charge in [-0.1, -0.05) is 0 Å². The number of hydrogen-bond donors (Lipinski definition) is 4. The average molecular weight is 420 g/mol. The van der Waals surface area contributed by atoms with E-state index in [2.05, 4.69) is 25.9 Å². The van der Waals surface area contributed by atoms with Crippen LogP contribution in [0.1, 0.15) is 53.6 Å². The molecule has 4 saturated carbocycles. The third-order valence-electron chi connectivity index (χ3n) is 7.85. The van der Waals surface area contributed by atoms with Crippen LogP contribution in [0.25, 0.3) is 0 Å². The molecule has 5 atom stereocenters. The second-order valence-electron chi connectivity index (χ2n) is 9.95. The number of fused-ring (bicyclic) bond motifs is 1. The van der Waals surface area contributed by atoms with Crippen LogP contribution in [0.4, 0.5) is 11.5 Å². The highest BCUT2D eigenvalue weighted by Gasteiger charge is 2.55. The van der Waals surface area contributed by atoms with Gasteiger partial charge in [0.1, 0.15) is 5.82 Å². The zero-order valence-electron chi connectivity index (χ0n) is 17.6. The molecule has 1 aliphatic heterocycles. The quantitative estimate of drug-likeness (QED) is 0.595. The molecule has 1 amide bonds. The van der Waals surface area contributed by atoms with Crippen molar-refractivity contribution >= 4 is 17.4 Å². The van der Waals surface area contributed by atoms with Gasteiger partial charge in [-0.25, -0.2) is 4.98 Å². The Morgan fingerprint density at radius 2 is 1.97 bits per heavy atom. The highest BCUT2D eigenvalue weighted by atomic mass is 16.3. The van der Waals surface area contributed by atoms with Crippen molar-refractivity contribution in [2.45, 2.75) is 56.7 Å². The fourth-order valence-corrected chi connectivity index (χ4v) is 6.75. The van der Waals surface area contributed by atoms with Gasteiger partial charge in [0, 0.05) is 43.3 Å². The van der Waals surface area contributed by atoms with Gasteiger partial charge in [0.05, 0.1) is 16.9 Å². The standard InChI is InChI=1S/C24H29N5O2/c30-23(28-12-14-1-4-25-5-2-14)19-13-27-22-18(3-6-26-22)21(19)29-20-16-7-15-8-17(20)11-24(31,9-15)10-16/h1-2,4-5,13,15-17,20,31H,3,6-12H2,(H,28,30)(H2,26,27,29)/t15?,16-,17+,20+,24-. The fourth-order valence-electron chi connectivity index (χ4n) is 6.75. The van der Waals surface area contributed by atoms with Gasteiger partial charge >= 0.3 is 0 Å². The van der Waals surface area contributed by atoms with Gasteiger partial charge in [-0.15, -0.1) is 0 Å². The molecular weight excluding hydrogens is 390 g/mol. The van der Waals surface area contributed by atoms with Gasteiger partial charge in [-0.2, -0.15) is 0 Å². The van der Waals surface area contributed by atoms with Crippen LogP contribution in [0.5, 0.6) is 0 Å². The number of nitrogens with zero attached hydrogens (tertiary/aromatic N) is 2. The SMILES string of the molecule is O=C(NCc1ccncc1)c1cnc2c(c1N[C@H]1[C@@H]3CC4C[C@H]1C[C@@](O)(C4)C3)CCN2. The van der Waals surface area contributed by atoms with Crippen molar-refractivity contribution in [2.75, 3.05) is 17.2 Å². The number of pyridine rings is 2. The first-order valence-electron chi connectivity index (χ1n) is 11.5. The van der Waals surface area contributed by atoms with Gasteiger partial charge < -0.3 is 21.1 Å². The number of anilines is 2. The van der Waals surface area contributed by atoms with Crippen molar-refractivity contribution in [1.82, 2.24) is 15.3 Å². The van der Waals surface area contributed by atoms with Crippen molar-refractivity contribution in [3.05, 3.63) is 47.4 Å². The summed E-state index contributed by atoms with van der Waals surface area (Å²) in [6, 6.07) is 4.13. The molecule has 4 aliphatic carbocycles. The summed E-state index contributed by atoms with van der Waals surface area (Å²) >= 11 is 0. The van der Waals surface area contributed by atoms with Crippen LogP contribution in [0.15, 0.2) is 30.7 Å². The van der Waals surface area contributed by atoms with E-state index < -0.39 is 5.60 Å². The zero-order chi connectivity index (χ0) is 21.0. The van der Waals surface area contributed by atoms with E-state index in [4.69, 9.17) is 0 Å². The largest absolute Gasteiger partial charge is 0.390 e. The Kier molecular flexibility index (Phi) is 4.42. The topological polar surface area (TPSA) is 99.2 Å². The maximum atomic E-state index is 13.2. The predicted molar refractivity (Wildman–Crippen MR) is 118 cm³/mol. The first kappa shape index (κ1) is 19.0. The minimum Gasteiger partial charge on any atom is -0.390 e. The van der Waals surface area contributed by atoms with E-state index in [0.717, 1.165) is 54.9 Å². The summed E-state index contributed by atoms with van der Waals surface area (Å²) in [5, 5.41) is 21.2. The normalized spacial score (nSPS) is 32.4. The molecular formula is C24H29N5O2. The summed E-state index contributed by atoms with van der Waals surface area (Å²) in [6.45, 7) is 1.30. The molecule has 0 saturated heterocycles. The minimum absolute atomic E-state index is 0.107. The van der Waals surface area contributed by atoms with Gasteiger partial charge in [0.25, 0.3) is 5.91 Å². The molecule has 0 aromatic carbocycles. The van der Waals surface area contributed by atoms with E-state index in [9.17, 15) is 9.90 Å². The van der Waals surface area contributed by atoms with Gasteiger partial charge in [-0.05, 0) is 74.0 Å². The zero-order valence-corrected chi connectivity index (χ0v) is 17.6. The van der Waals surface area contributed by atoms with Gasteiger partial charge in [0.15, 0.2) is 0 Å². The minimum atomic E-state index is -0.457. The monoisotopic (exact) mass is 419 g/mol. The van der Waals surface area contributed by atoms with Crippen LogP contribution < -0.4 is 16.0 Å². The third kappa shape index (κ3) is 3.35. The van der Waals surface area contributed by atoms with E-state index >= 15 is 0 Å². The average Bonchev–Trinajstić information content (AvgIpc) is 3.23. The number of nitrogens with one attached hydrogen (secondary N) is 3. The van der Waals surface area contributed by atoms with Crippen LogP contribution in [-0.2, 0) is 13.0 Å². The van der Waals surface area contributed by atoms with Crippen molar-refractivity contribution in [1.29, 1.82) is 0 Å². The van der Waals surface area contributed by atoms with E-state index in [1.165, 1.54) is 12.8 Å². The summed E-state index contributed by atoms with van der Waals surface area (Å²) in [5.74, 6) is 2.39. The number of hydrogen-bond acceptors (Lipinski definition) is 6. The summed E-state index contributed by atoms with van der Waals surface area (Å²) in [4.78, 5) is 21.7. The molecule has 5 aliphatic rings. The summed E-state index contributed by atoms with van der Waals surface area (Å²) in [7, 11) is 0. The predicted octanol–water partition coefficient (Wildman–Crippen LogP) is 2.73. The highest BCUT2D eigenvalue weighted by Crippen LogP contribution is 2.56. The van der Waals surface area contributed by atoms with Crippen molar-refractivity contribution < 1.29 is 9.90 Å². The molecule has 2 aromatic rings. The maximum Gasteiger partial charge on any atom is 0.255 e. The number of aromatic nitrogens is 2. The first-order chi connectivity index (χ1) is 15.1. The van der Waals surface area contributed by atoms with Crippen LogP contribution in [0.2, 0.25) is 0 Å². The molecule has 0 radical (unpaired) electrons. The van der Waals surface area contributed by atoms with Gasteiger partial charge in [-0.3, -0.25) is 9.78 Å². The van der Waals surface area contributed by atoms with Gasteiger partial charge in [0.2, 0.25) is 0 Å². The molecule has 0 spiro atoms. The molecule has 4 fully saturated rings. The molecule has 7 rings (SSSR count).